The van der Waals surface area contributed by atoms with Gasteiger partial charge in [-0.05, 0) is 61.3 Å². The summed E-state index contributed by atoms with van der Waals surface area (Å²) in [7, 11) is 0. The second-order valence-corrected chi connectivity index (χ2v) is 10.8. The number of carbonyl (C=O) groups is 1. The first kappa shape index (κ1) is 22.8. The maximum absolute atomic E-state index is 13.7. The molecule has 2 aliphatic heterocycles. The highest BCUT2D eigenvalue weighted by atomic mass is 19.4. The van der Waals surface area contributed by atoms with Gasteiger partial charge in [0.15, 0.2) is 0 Å². The van der Waals surface area contributed by atoms with E-state index in [1.54, 1.807) is 0 Å². The molecular formula is C27H31F3N4O. The van der Waals surface area contributed by atoms with Crippen molar-refractivity contribution < 1.29 is 18.0 Å². The molecule has 2 saturated heterocycles. The van der Waals surface area contributed by atoms with E-state index < -0.39 is 11.7 Å². The van der Waals surface area contributed by atoms with E-state index in [0.29, 0.717) is 37.5 Å². The highest BCUT2D eigenvalue weighted by molar-refractivity contribution is 5.87. The molecule has 1 aromatic heterocycles. The Hall–Kier alpha value is -2.61. The second-order valence-electron chi connectivity index (χ2n) is 10.8. The Kier molecular flexibility index (Phi) is 5.36. The molecule has 8 heteroatoms. The monoisotopic (exact) mass is 484 g/mol. The van der Waals surface area contributed by atoms with Gasteiger partial charge in [-0.2, -0.15) is 13.2 Å². The van der Waals surface area contributed by atoms with Crippen LogP contribution in [0.1, 0.15) is 42.9 Å². The molecule has 1 aromatic carbocycles. The van der Waals surface area contributed by atoms with Crippen LogP contribution in [0.4, 0.5) is 19.0 Å². The first-order chi connectivity index (χ1) is 16.7. The second kappa shape index (κ2) is 8.22. The standard InChI is InChI=1S/C27H31F3N4O/c1-17-23-16-33(24-14-20(7-9-31-24)27(28,29)30)10-11-34(23)25(35)26(17)8-6-21(15-26)32-22-12-18-4-2-3-5-19(18)13-22/h2-5,7,9,14,17,21-23,32H,6,8,10-13,15-16H2,1H3/t17?,21-,23?,26+/m1/s1. The first-order valence-electron chi connectivity index (χ1n) is 12.7. The van der Waals surface area contributed by atoms with Gasteiger partial charge >= 0.3 is 6.18 Å². The Balaban J connectivity index is 1.15. The van der Waals surface area contributed by atoms with Gasteiger partial charge in [0, 0.05) is 37.9 Å². The van der Waals surface area contributed by atoms with E-state index in [1.165, 1.54) is 17.3 Å². The number of fused-ring (bicyclic) bond motifs is 2. The molecule has 1 amide bonds. The number of amides is 1. The average molecular weight is 485 g/mol. The molecule has 2 aliphatic carbocycles. The predicted molar refractivity (Wildman–Crippen MR) is 127 cm³/mol. The van der Waals surface area contributed by atoms with Crippen molar-refractivity contribution in [1.82, 2.24) is 15.2 Å². The Morgan fingerprint density at radius 3 is 2.54 bits per heavy atom. The number of nitrogens with one attached hydrogen (secondary N) is 1. The molecule has 4 aliphatic rings. The van der Waals surface area contributed by atoms with E-state index in [4.69, 9.17) is 0 Å². The summed E-state index contributed by atoms with van der Waals surface area (Å²) in [6.45, 7) is 3.73. The summed E-state index contributed by atoms with van der Waals surface area (Å²) in [5.74, 6) is 0.730. The number of benzene rings is 1. The molecule has 0 radical (unpaired) electrons. The van der Waals surface area contributed by atoms with Crippen LogP contribution in [-0.4, -0.2) is 53.6 Å². The third kappa shape index (κ3) is 3.81. The fourth-order valence-electron chi connectivity index (χ4n) is 7.15. The number of alkyl halides is 3. The quantitative estimate of drug-likeness (QED) is 0.714. The lowest BCUT2D eigenvalue weighted by Crippen LogP contribution is -2.53. The third-order valence-corrected chi connectivity index (χ3v) is 9.02. The van der Waals surface area contributed by atoms with Crippen LogP contribution in [0, 0.1) is 11.3 Å². The minimum absolute atomic E-state index is 0.00192. The summed E-state index contributed by atoms with van der Waals surface area (Å²) in [5.41, 5.74) is 1.79. The van der Waals surface area contributed by atoms with Gasteiger partial charge in [-0.1, -0.05) is 31.2 Å². The molecule has 186 valence electrons. The Morgan fingerprint density at radius 2 is 1.83 bits per heavy atom. The summed E-state index contributed by atoms with van der Waals surface area (Å²) in [5, 5.41) is 3.86. The molecule has 0 bridgehead atoms. The maximum atomic E-state index is 13.7. The molecule has 3 heterocycles. The number of nitrogens with zero attached hydrogens (tertiary/aromatic N) is 3. The number of halogens is 3. The van der Waals surface area contributed by atoms with Crippen molar-refractivity contribution in [3.63, 3.8) is 0 Å². The largest absolute Gasteiger partial charge is 0.416 e. The van der Waals surface area contributed by atoms with Crippen molar-refractivity contribution in [2.75, 3.05) is 24.5 Å². The van der Waals surface area contributed by atoms with Crippen LogP contribution < -0.4 is 10.2 Å². The normalized spacial score (nSPS) is 30.9. The number of hydrogen-bond acceptors (Lipinski definition) is 4. The smallest absolute Gasteiger partial charge is 0.353 e. The minimum atomic E-state index is -4.40. The minimum Gasteiger partial charge on any atom is -0.353 e. The Labute approximate surface area is 203 Å². The SMILES string of the molecule is CC1C2CN(c3cc(C(F)(F)F)ccn3)CCN2C(=O)[C@]12CC[C@@H](NC1Cc3ccccc3C1)C2. The molecule has 2 aromatic rings. The number of pyridine rings is 1. The first-order valence-corrected chi connectivity index (χ1v) is 12.7. The molecule has 2 unspecified atom stereocenters. The zero-order chi connectivity index (χ0) is 24.4. The summed E-state index contributed by atoms with van der Waals surface area (Å²) in [4.78, 5) is 21.8. The molecular weight excluding hydrogens is 453 g/mol. The van der Waals surface area contributed by atoms with E-state index in [0.717, 1.165) is 44.2 Å². The van der Waals surface area contributed by atoms with Crippen LogP contribution in [0.2, 0.25) is 0 Å². The highest BCUT2D eigenvalue weighted by Gasteiger charge is 2.60. The zero-order valence-electron chi connectivity index (χ0n) is 19.9. The van der Waals surface area contributed by atoms with Crippen LogP contribution >= 0.6 is 0 Å². The Bertz CT molecular complexity index is 1110. The van der Waals surface area contributed by atoms with Crippen molar-refractivity contribution in [2.24, 2.45) is 11.3 Å². The lowest BCUT2D eigenvalue weighted by molar-refractivity contribution is -0.138. The summed E-state index contributed by atoms with van der Waals surface area (Å²) in [6.07, 6.45) is 1.61. The van der Waals surface area contributed by atoms with Gasteiger partial charge in [0.1, 0.15) is 5.82 Å². The van der Waals surface area contributed by atoms with Gasteiger partial charge in [0.25, 0.3) is 0 Å². The summed E-state index contributed by atoms with van der Waals surface area (Å²) >= 11 is 0. The molecule has 1 spiro atoms. The van der Waals surface area contributed by atoms with Crippen LogP contribution in [0.15, 0.2) is 42.6 Å². The van der Waals surface area contributed by atoms with E-state index in [2.05, 4.69) is 41.5 Å². The zero-order valence-corrected chi connectivity index (χ0v) is 19.9. The van der Waals surface area contributed by atoms with Gasteiger partial charge in [-0.15, -0.1) is 0 Å². The van der Waals surface area contributed by atoms with Gasteiger partial charge in [0.05, 0.1) is 17.0 Å². The predicted octanol–water partition coefficient (Wildman–Crippen LogP) is 4.06. The number of carbonyl (C=O) groups excluding carboxylic acids is 1. The maximum Gasteiger partial charge on any atom is 0.416 e. The van der Waals surface area contributed by atoms with Crippen molar-refractivity contribution in [3.8, 4) is 0 Å². The fourth-order valence-corrected chi connectivity index (χ4v) is 7.15. The topological polar surface area (TPSA) is 48.5 Å². The fraction of sp³-hybridized carbons (Fsp3) is 0.556. The van der Waals surface area contributed by atoms with E-state index in [-0.39, 0.29) is 23.3 Å². The van der Waals surface area contributed by atoms with Crippen LogP contribution in [-0.2, 0) is 23.8 Å². The molecule has 4 atom stereocenters. The van der Waals surface area contributed by atoms with Crippen LogP contribution in [0.25, 0.3) is 0 Å². The molecule has 1 saturated carbocycles. The number of rotatable bonds is 3. The van der Waals surface area contributed by atoms with Gasteiger partial charge in [0.2, 0.25) is 5.91 Å². The molecule has 3 fully saturated rings. The van der Waals surface area contributed by atoms with Gasteiger partial charge < -0.3 is 15.1 Å². The lowest BCUT2D eigenvalue weighted by atomic mass is 9.74. The molecule has 5 nitrogen and oxygen atoms in total. The van der Waals surface area contributed by atoms with Crippen molar-refractivity contribution in [2.45, 2.75) is 63.3 Å². The van der Waals surface area contributed by atoms with Crippen molar-refractivity contribution >= 4 is 11.7 Å². The average Bonchev–Trinajstić information content (AvgIpc) is 3.51. The lowest BCUT2D eigenvalue weighted by Gasteiger charge is -2.39. The number of hydrogen-bond donors (Lipinski definition) is 1. The highest BCUT2D eigenvalue weighted by Crippen LogP contribution is 2.53. The van der Waals surface area contributed by atoms with E-state index in [9.17, 15) is 18.0 Å². The summed E-state index contributed by atoms with van der Waals surface area (Å²) in [6, 6.07) is 11.5. The number of aromatic nitrogens is 1. The van der Waals surface area contributed by atoms with Gasteiger partial charge in [-0.3, -0.25) is 4.79 Å². The van der Waals surface area contributed by atoms with Gasteiger partial charge in [-0.25, -0.2) is 4.98 Å². The van der Waals surface area contributed by atoms with Crippen molar-refractivity contribution in [3.05, 3.63) is 59.3 Å². The van der Waals surface area contributed by atoms with E-state index in [1.807, 2.05) is 9.80 Å². The van der Waals surface area contributed by atoms with E-state index >= 15 is 0 Å². The number of anilines is 1. The molecule has 6 rings (SSSR count). The summed E-state index contributed by atoms with van der Waals surface area (Å²) < 4.78 is 39.7. The van der Waals surface area contributed by atoms with Crippen LogP contribution in [0.5, 0.6) is 0 Å². The Morgan fingerprint density at radius 1 is 1.09 bits per heavy atom. The molecule has 35 heavy (non-hydrogen) atoms. The van der Waals surface area contributed by atoms with Crippen LogP contribution in [0.3, 0.4) is 0 Å². The third-order valence-electron chi connectivity index (χ3n) is 9.02. The number of piperazine rings is 1. The van der Waals surface area contributed by atoms with Crippen molar-refractivity contribution in [1.29, 1.82) is 0 Å². The molecule has 1 N–H and O–H groups in total.